The predicted molar refractivity (Wildman–Crippen MR) is 143 cm³/mol. The van der Waals surface area contributed by atoms with Crippen LogP contribution in [-0.2, 0) is 32.6 Å². The summed E-state index contributed by atoms with van der Waals surface area (Å²) in [5.74, 6) is -1.41. The number of nitrogens with one attached hydrogen (secondary N) is 1. The van der Waals surface area contributed by atoms with Gasteiger partial charge in [0.1, 0.15) is 18.4 Å². The van der Waals surface area contributed by atoms with Crippen LogP contribution in [0.1, 0.15) is 23.6 Å². The van der Waals surface area contributed by atoms with E-state index in [1.807, 2.05) is 61.5 Å². The van der Waals surface area contributed by atoms with Crippen LogP contribution < -0.4 is 9.62 Å². The number of carbonyl (C=O) groups is 2. The van der Waals surface area contributed by atoms with Gasteiger partial charge in [-0.05, 0) is 49.2 Å². The van der Waals surface area contributed by atoms with Crippen molar-refractivity contribution >= 4 is 27.5 Å². The van der Waals surface area contributed by atoms with Crippen LogP contribution in [-0.4, -0.2) is 50.5 Å². The lowest BCUT2D eigenvalue weighted by Crippen LogP contribution is -2.53. The molecule has 37 heavy (non-hydrogen) atoms. The van der Waals surface area contributed by atoms with Crippen LogP contribution in [0.15, 0.2) is 78.9 Å². The Balaban J connectivity index is 2.02. The Morgan fingerprint density at radius 1 is 0.919 bits per heavy atom. The van der Waals surface area contributed by atoms with Gasteiger partial charge in [0.25, 0.3) is 0 Å². The van der Waals surface area contributed by atoms with Gasteiger partial charge in [-0.3, -0.25) is 13.9 Å². The number of likely N-dealkylation sites (N-methyl/N-ethyl adjacent to an activating group) is 1. The zero-order chi connectivity index (χ0) is 27.0. The van der Waals surface area contributed by atoms with Gasteiger partial charge in [0.2, 0.25) is 21.8 Å². The monoisotopic (exact) mass is 525 g/mol. The molecule has 196 valence electrons. The number of hydrogen-bond donors (Lipinski definition) is 1. The van der Waals surface area contributed by atoms with Crippen molar-refractivity contribution < 1.29 is 22.4 Å². The summed E-state index contributed by atoms with van der Waals surface area (Å²) >= 11 is 0. The minimum absolute atomic E-state index is 0.106. The Morgan fingerprint density at radius 2 is 1.54 bits per heavy atom. The number of halogens is 1. The average Bonchev–Trinajstić information content (AvgIpc) is 2.86. The normalized spacial score (nSPS) is 12.0. The maximum Gasteiger partial charge on any atom is 0.244 e. The number of hydrogen-bond acceptors (Lipinski definition) is 4. The second-order valence-corrected chi connectivity index (χ2v) is 10.8. The summed E-state index contributed by atoms with van der Waals surface area (Å²) in [5, 5.41) is 2.81. The average molecular weight is 526 g/mol. The summed E-state index contributed by atoms with van der Waals surface area (Å²) in [6.07, 6.45) is 1.24. The van der Waals surface area contributed by atoms with Crippen LogP contribution >= 0.6 is 0 Å². The molecule has 7 nitrogen and oxygen atoms in total. The van der Waals surface area contributed by atoms with Gasteiger partial charge >= 0.3 is 0 Å². The molecule has 0 heterocycles. The van der Waals surface area contributed by atoms with E-state index in [2.05, 4.69) is 5.32 Å². The van der Waals surface area contributed by atoms with Gasteiger partial charge < -0.3 is 10.2 Å². The van der Waals surface area contributed by atoms with Crippen molar-refractivity contribution in [2.45, 2.75) is 32.9 Å². The molecule has 3 aromatic carbocycles. The molecule has 3 aromatic rings. The predicted octanol–water partition coefficient (Wildman–Crippen LogP) is 3.68. The Kier molecular flexibility index (Phi) is 9.41. The van der Waals surface area contributed by atoms with E-state index in [1.54, 1.807) is 6.92 Å². The molecular formula is C28H32FN3O4S. The Bertz CT molecular complexity index is 1300. The third-order valence-electron chi connectivity index (χ3n) is 5.89. The number of amides is 2. The SMILES string of the molecule is CCNC(=O)[C@@H](Cc1ccccc1)N(Cc1ccc(C)cc1)C(=O)CN(c1ccc(F)cc1)S(C)(=O)=O. The first-order valence-corrected chi connectivity index (χ1v) is 13.8. The Hall–Kier alpha value is -3.72. The highest BCUT2D eigenvalue weighted by molar-refractivity contribution is 7.92. The molecule has 0 fully saturated rings. The molecule has 2 amide bonds. The van der Waals surface area contributed by atoms with Crippen LogP contribution in [0.4, 0.5) is 10.1 Å². The minimum atomic E-state index is -3.89. The maximum absolute atomic E-state index is 13.8. The summed E-state index contributed by atoms with van der Waals surface area (Å²) in [5.41, 5.74) is 2.86. The minimum Gasteiger partial charge on any atom is -0.355 e. The highest BCUT2D eigenvalue weighted by Gasteiger charge is 2.32. The maximum atomic E-state index is 13.8. The molecule has 0 saturated carbocycles. The smallest absolute Gasteiger partial charge is 0.244 e. The van der Waals surface area contributed by atoms with E-state index in [0.29, 0.717) is 6.54 Å². The highest BCUT2D eigenvalue weighted by atomic mass is 32.2. The van der Waals surface area contributed by atoms with Crippen molar-refractivity contribution in [2.75, 3.05) is 23.7 Å². The fourth-order valence-corrected chi connectivity index (χ4v) is 4.81. The molecule has 3 rings (SSSR count). The van der Waals surface area contributed by atoms with Gasteiger partial charge in [0, 0.05) is 19.5 Å². The van der Waals surface area contributed by atoms with Gasteiger partial charge in [-0.2, -0.15) is 0 Å². The Morgan fingerprint density at radius 3 is 2.11 bits per heavy atom. The van der Waals surface area contributed by atoms with Crippen LogP contribution in [0.5, 0.6) is 0 Å². The summed E-state index contributed by atoms with van der Waals surface area (Å²) in [6.45, 7) is 3.69. The van der Waals surface area contributed by atoms with Gasteiger partial charge in [-0.15, -0.1) is 0 Å². The van der Waals surface area contributed by atoms with Crippen LogP contribution in [0.25, 0.3) is 0 Å². The number of rotatable bonds is 11. The third kappa shape index (κ3) is 7.88. The molecule has 0 saturated heterocycles. The highest BCUT2D eigenvalue weighted by Crippen LogP contribution is 2.21. The van der Waals surface area contributed by atoms with Crippen molar-refractivity contribution in [1.29, 1.82) is 0 Å². The van der Waals surface area contributed by atoms with Gasteiger partial charge in [-0.25, -0.2) is 12.8 Å². The molecule has 1 N–H and O–H groups in total. The standard InChI is InChI=1S/C28H32FN3O4S/c1-4-30-28(34)26(18-22-8-6-5-7-9-22)31(19-23-12-10-21(2)11-13-23)27(33)20-32(37(3,35)36)25-16-14-24(29)15-17-25/h5-17,26H,4,18-20H2,1-3H3,(H,30,34)/t26-/m1/s1. The third-order valence-corrected chi connectivity index (χ3v) is 7.03. The van der Waals surface area contributed by atoms with Crippen molar-refractivity contribution in [3.05, 3.63) is 101 Å². The van der Waals surface area contributed by atoms with E-state index in [9.17, 15) is 22.4 Å². The zero-order valence-corrected chi connectivity index (χ0v) is 22.0. The number of benzene rings is 3. The molecule has 0 unspecified atom stereocenters. The van der Waals surface area contributed by atoms with E-state index >= 15 is 0 Å². The lowest BCUT2D eigenvalue weighted by molar-refractivity contribution is -0.140. The fourth-order valence-electron chi connectivity index (χ4n) is 3.96. The van der Waals surface area contributed by atoms with Crippen molar-refractivity contribution in [3.63, 3.8) is 0 Å². The Labute approximate surface area is 218 Å². The summed E-state index contributed by atoms with van der Waals surface area (Å²) in [6, 6.07) is 20.9. The number of nitrogens with zero attached hydrogens (tertiary/aromatic N) is 2. The summed E-state index contributed by atoms with van der Waals surface area (Å²) < 4.78 is 39.7. The summed E-state index contributed by atoms with van der Waals surface area (Å²) in [7, 11) is -3.89. The van der Waals surface area contributed by atoms with Crippen LogP contribution in [0, 0.1) is 12.7 Å². The lowest BCUT2D eigenvalue weighted by Gasteiger charge is -2.33. The van der Waals surface area contributed by atoms with Gasteiger partial charge in [-0.1, -0.05) is 60.2 Å². The fraction of sp³-hybridized carbons (Fsp3) is 0.286. The number of aryl methyl sites for hydroxylation is 1. The van der Waals surface area contributed by atoms with E-state index in [1.165, 1.54) is 17.0 Å². The second kappa shape index (κ2) is 12.5. The molecule has 0 spiro atoms. The van der Waals surface area contributed by atoms with Crippen molar-refractivity contribution in [3.8, 4) is 0 Å². The molecule has 0 bridgehead atoms. The number of sulfonamides is 1. The largest absolute Gasteiger partial charge is 0.355 e. The molecule has 1 atom stereocenters. The van der Waals surface area contributed by atoms with E-state index in [4.69, 9.17) is 0 Å². The second-order valence-electron chi connectivity index (χ2n) is 8.85. The van der Waals surface area contributed by atoms with Gasteiger partial charge in [0.15, 0.2) is 0 Å². The first kappa shape index (κ1) is 27.9. The van der Waals surface area contributed by atoms with Crippen molar-refractivity contribution in [2.24, 2.45) is 0 Å². The van der Waals surface area contributed by atoms with Gasteiger partial charge in [0.05, 0.1) is 11.9 Å². The quantitative estimate of drug-likeness (QED) is 0.414. The molecule has 9 heteroatoms. The number of anilines is 1. The molecule has 0 radical (unpaired) electrons. The topological polar surface area (TPSA) is 86.8 Å². The molecule has 0 aliphatic carbocycles. The molecule has 0 aliphatic rings. The van der Waals surface area contributed by atoms with Crippen LogP contribution in [0.2, 0.25) is 0 Å². The molecule has 0 aliphatic heterocycles. The lowest BCUT2D eigenvalue weighted by atomic mass is 10.0. The first-order valence-electron chi connectivity index (χ1n) is 12.0. The van der Waals surface area contributed by atoms with Crippen LogP contribution in [0.3, 0.4) is 0 Å². The van der Waals surface area contributed by atoms with E-state index in [-0.39, 0.29) is 24.6 Å². The van der Waals surface area contributed by atoms with E-state index < -0.39 is 34.3 Å². The first-order chi connectivity index (χ1) is 17.6. The number of carbonyl (C=O) groups excluding carboxylic acids is 2. The van der Waals surface area contributed by atoms with Crippen molar-refractivity contribution in [1.82, 2.24) is 10.2 Å². The molecular weight excluding hydrogens is 493 g/mol. The summed E-state index contributed by atoms with van der Waals surface area (Å²) in [4.78, 5) is 28.5. The zero-order valence-electron chi connectivity index (χ0n) is 21.2. The molecule has 0 aromatic heterocycles. The van der Waals surface area contributed by atoms with E-state index in [0.717, 1.165) is 39.4 Å².